The molecule has 1 saturated carbocycles. The summed E-state index contributed by atoms with van der Waals surface area (Å²) in [7, 11) is -4.20. The molecule has 1 saturated heterocycles. The highest BCUT2D eigenvalue weighted by Gasteiger charge is 2.40. The van der Waals surface area contributed by atoms with E-state index in [2.05, 4.69) is 25.4 Å². The van der Waals surface area contributed by atoms with Gasteiger partial charge in [-0.3, -0.25) is 0 Å². The van der Waals surface area contributed by atoms with E-state index < -0.39 is 28.0 Å². The smallest absolute Gasteiger partial charge is 0.434 e. The summed E-state index contributed by atoms with van der Waals surface area (Å²) >= 11 is 0.862. The maximum atomic E-state index is 14.4. The zero-order valence-electron chi connectivity index (χ0n) is 25.9. The molecule has 1 aliphatic carbocycles. The van der Waals surface area contributed by atoms with Gasteiger partial charge in [0.1, 0.15) is 6.23 Å². The van der Waals surface area contributed by atoms with E-state index in [0.717, 1.165) is 30.6 Å². The highest BCUT2D eigenvalue weighted by molar-refractivity contribution is 7.89. The topological polar surface area (TPSA) is 136 Å². The molecule has 1 aromatic carbocycles. The predicted molar refractivity (Wildman–Crippen MR) is 168 cm³/mol. The number of hydrogen-bond acceptors (Lipinski definition) is 9. The Kier molecular flexibility index (Phi) is 10.6. The molecule has 1 atom stereocenters. The number of alkyl halides is 3. The van der Waals surface area contributed by atoms with Crippen LogP contribution in [-0.4, -0.2) is 54.6 Å². The normalized spacial score (nSPS) is 20.9. The van der Waals surface area contributed by atoms with Crippen molar-refractivity contribution in [1.29, 1.82) is 0 Å². The first-order valence-corrected chi connectivity index (χ1v) is 17.8. The quantitative estimate of drug-likeness (QED) is 0.209. The summed E-state index contributed by atoms with van der Waals surface area (Å²) in [5.74, 6) is 0.171. The fourth-order valence-corrected chi connectivity index (χ4v) is 8.34. The van der Waals surface area contributed by atoms with E-state index in [1.807, 2.05) is 0 Å². The number of carbonyl (C=O) groups is 1. The van der Waals surface area contributed by atoms with E-state index >= 15 is 0 Å². The summed E-state index contributed by atoms with van der Waals surface area (Å²) in [5, 5.41) is 10.7. The Morgan fingerprint density at radius 3 is 2.57 bits per heavy atom. The number of aromatic nitrogens is 3. The molecule has 1 amide bonds. The van der Waals surface area contributed by atoms with Gasteiger partial charge < -0.3 is 20.1 Å². The van der Waals surface area contributed by atoms with Gasteiger partial charge in [-0.15, -0.1) is 11.3 Å². The molecule has 1 aliphatic heterocycles. The first kappa shape index (κ1) is 34.1. The number of halogens is 3. The van der Waals surface area contributed by atoms with E-state index in [9.17, 15) is 26.4 Å². The molecule has 3 heterocycles. The van der Waals surface area contributed by atoms with E-state index in [1.165, 1.54) is 18.2 Å². The summed E-state index contributed by atoms with van der Waals surface area (Å²) in [4.78, 5) is 15.5. The number of carbonyl (C=O) groups excluding carboxylic acids is 1. The van der Waals surface area contributed by atoms with E-state index in [-0.39, 0.29) is 51.2 Å². The van der Waals surface area contributed by atoms with Crippen LogP contribution in [0.3, 0.4) is 0 Å². The molecule has 16 heteroatoms. The average molecular weight is 685 g/mol. The van der Waals surface area contributed by atoms with Crippen molar-refractivity contribution in [1.82, 2.24) is 24.8 Å². The molecular weight excluding hydrogens is 645 g/mol. The van der Waals surface area contributed by atoms with Gasteiger partial charge in [-0.25, -0.2) is 27.6 Å². The molecule has 0 spiro atoms. The number of rotatable bonds is 10. The van der Waals surface area contributed by atoms with Gasteiger partial charge in [0.2, 0.25) is 10.0 Å². The number of benzene rings is 1. The molecule has 5 rings (SSSR count). The third-order valence-corrected chi connectivity index (χ3v) is 10.7. The van der Waals surface area contributed by atoms with E-state index in [1.54, 1.807) is 37.7 Å². The van der Waals surface area contributed by atoms with Gasteiger partial charge in [0.05, 0.1) is 20.9 Å². The van der Waals surface area contributed by atoms with Crippen LogP contribution in [0.5, 0.6) is 0 Å². The molecule has 1 unspecified atom stereocenters. The lowest BCUT2D eigenvalue weighted by molar-refractivity contribution is -0.140. The molecule has 3 aromatic rings. The van der Waals surface area contributed by atoms with E-state index in [0.29, 0.717) is 43.8 Å². The largest absolute Gasteiger partial charge is 0.447 e. The standard InChI is InChI=1S/C30H39F3N6O5S2/c1-4-34-46(41,42)23-17-21(35-24-14-15-39(38-24)25-7-5-6-16-43-25)12-13-22(23)26-27(30(31,32)33)37-28(45-26)19-8-10-20(11-9-19)36-29(40)44-18(2)3/h12-15,17-20,25,34H,4-11,16H2,1-3H3,(H,35,38)(H,36,40). The minimum absolute atomic E-state index is 0.0489. The van der Waals surface area contributed by atoms with Crippen LogP contribution in [0.25, 0.3) is 10.4 Å². The third kappa shape index (κ3) is 8.19. The fraction of sp³-hybridized carbons (Fsp3) is 0.567. The molecule has 3 N–H and O–H groups in total. The zero-order valence-corrected chi connectivity index (χ0v) is 27.5. The molecular formula is C30H39F3N6O5S2. The number of nitrogens with zero attached hydrogens (tertiary/aromatic N) is 3. The lowest BCUT2D eigenvalue weighted by Crippen LogP contribution is -2.38. The number of nitrogens with one attached hydrogen (secondary N) is 3. The van der Waals surface area contributed by atoms with Gasteiger partial charge in [0, 0.05) is 48.6 Å². The molecule has 2 fully saturated rings. The van der Waals surface area contributed by atoms with Gasteiger partial charge in [-0.1, -0.05) is 13.0 Å². The Bertz CT molecular complexity index is 1610. The van der Waals surface area contributed by atoms with Gasteiger partial charge in [-0.2, -0.15) is 18.3 Å². The van der Waals surface area contributed by atoms with Crippen molar-refractivity contribution in [2.75, 3.05) is 18.5 Å². The van der Waals surface area contributed by atoms with Gasteiger partial charge in [0.25, 0.3) is 0 Å². The van der Waals surface area contributed by atoms with Crippen LogP contribution in [0.4, 0.5) is 29.5 Å². The first-order valence-electron chi connectivity index (χ1n) is 15.5. The minimum Gasteiger partial charge on any atom is -0.447 e. The third-order valence-electron chi connectivity index (χ3n) is 7.83. The second kappa shape index (κ2) is 14.3. The summed E-state index contributed by atoms with van der Waals surface area (Å²) in [6, 6.07) is 5.79. The minimum atomic E-state index is -4.81. The van der Waals surface area contributed by atoms with Crippen molar-refractivity contribution in [3.8, 4) is 10.4 Å². The van der Waals surface area contributed by atoms with Crippen LogP contribution in [-0.2, 0) is 25.7 Å². The molecule has 0 radical (unpaired) electrons. The van der Waals surface area contributed by atoms with Crippen LogP contribution in [0.1, 0.15) is 88.6 Å². The number of anilines is 2. The monoisotopic (exact) mass is 684 g/mol. The lowest BCUT2D eigenvalue weighted by atomic mass is 9.86. The maximum Gasteiger partial charge on any atom is 0.434 e. The second-order valence-electron chi connectivity index (χ2n) is 11.7. The Morgan fingerprint density at radius 1 is 1.15 bits per heavy atom. The lowest BCUT2D eigenvalue weighted by Gasteiger charge is -2.28. The van der Waals surface area contributed by atoms with Crippen molar-refractivity contribution < 1.29 is 35.9 Å². The van der Waals surface area contributed by atoms with E-state index in [4.69, 9.17) is 9.47 Å². The van der Waals surface area contributed by atoms with Crippen molar-refractivity contribution >= 4 is 39.0 Å². The van der Waals surface area contributed by atoms with Gasteiger partial charge >= 0.3 is 12.3 Å². The average Bonchev–Trinajstić information content (AvgIpc) is 3.66. The molecule has 252 valence electrons. The summed E-state index contributed by atoms with van der Waals surface area (Å²) in [6.45, 7) is 5.78. The Morgan fingerprint density at radius 2 is 1.91 bits per heavy atom. The van der Waals surface area contributed by atoms with Crippen LogP contribution >= 0.6 is 11.3 Å². The predicted octanol–water partition coefficient (Wildman–Crippen LogP) is 6.93. The molecule has 2 aromatic heterocycles. The number of alkyl carbamates (subject to hydrolysis) is 1. The van der Waals surface area contributed by atoms with Crippen molar-refractivity contribution in [2.45, 2.75) is 101 Å². The summed E-state index contributed by atoms with van der Waals surface area (Å²) in [6.07, 6.45) is 0.944. The second-order valence-corrected chi connectivity index (χ2v) is 14.5. The van der Waals surface area contributed by atoms with Crippen molar-refractivity contribution in [2.24, 2.45) is 0 Å². The zero-order chi connectivity index (χ0) is 33.1. The highest BCUT2D eigenvalue weighted by Crippen LogP contribution is 2.46. The van der Waals surface area contributed by atoms with Gasteiger partial charge in [0.15, 0.2) is 11.5 Å². The highest BCUT2D eigenvalue weighted by atomic mass is 32.2. The summed E-state index contributed by atoms with van der Waals surface area (Å²) in [5.41, 5.74) is -0.862. The molecule has 46 heavy (non-hydrogen) atoms. The van der Waals surface area contributed by atoms with Crippen LogP contribution < -0.4 is 15.4 Å². The Balaban J connectivity index is 1.43. The SMILES string of the molecule is CCNS(=O)(=O)c1cc(Nc2ccn(C3CCCCO3)n2)ccc1-c1sc(C2CCC(NC(=O)OC(C)C)CC2)nc1C(F)(F)F. The molecule has 11 nitrogen and oxygen atoms in total. The Labute approximate surface area is 270 Å². The first-order chi connectivity index (χ1) is 21.8. The van der Waals surface area contributed by atoms with Crippen molar-refractivity contribution in [3.05, 3.63) is 41.2 Å². The number of hydrogen-bond donors (Lipinski definition) is 3. The maximum absolute atomic E-state index is 14.4. The van der Waals surface area contributed by atoms with Crippen molar-refractivity contribution in [3.63, 3.8) is 0 Å². The fourth-order valence-electron chi connectivity index (χ4n) is 5.71. The molecule has 2 aliphatic rings. The van der Waals surface area contributed by atoms with Crippen LogP contribution in [0, 0.1) is 0 Å². The molecule has 0 bridgehead atoms. The van der Waals surface area contributed by atoms with Gasteiger partial charge in [-0.05, 0) is 70.9 Å². The number of ether oxygens (including phenoxy) is 2. The summed E-state index contributed by atoms with van der Waals surface area (Å²) < 4.78 is 85.0. The number of amides is 1. The van der Waals surface area contributed by atoms with Crippen LogP contribution in [0.2, 0.25) is 0 Å². The Hall–Kier alpha value is -3.21. The van der Waals surface area contributed by atoms with Crippen LogP contribution in [0.15, 0.2) is 35.4 Å². The number of thiazole rings is 1. The number of sulfonamides is 1.